The number of methoxy groups -OCH3 is 1. The molecule has 1 amide bonds. The van der Waals surface area contributed by atoms with Crippen LogP contribution in [-0.4, -0.2) is 119 Å². The summed E-state index contributed by atoms with van der Waals surface area (Å²) in [5.41, 5.74) is -0.109. The summed E-state index contributed by atoms with van der Waals surface area (Å²) in [6.07, 6.45) is -4.50. The molecule has 0 bridgehead atoms. The number of carbonyl (C=O) groups excluding carboxylic acids is 1. The van der Waals surface area contributed by atoms with Gasteiger partial charge in [0.15, 0.2) is 0 Å². The number of phenols is 1. The first-order chi connectivity index (χ1) is 20.3. The molecule has 2 aliphatic heterocycles. The van der Waals surface area contributed by atoms with E-state index in [2.05, 4.69) is 9.80 Å². The van der Waals surface area contributed by atoms with Gasteiger partial charge in [0, 0.05) is 64.5 Å². The van der Waals surface area contributed by atoms with Gasteiger partial charge in [0.25, 0.3) is 5.91 Å². The smallest absolute Gasteiger partial charge is 0.416 e. The minimum atomic E-state index is -4.85. The average Bonchev–Trinajstić information content (AvgIpc) is 2.97. The number of ether oxygens (including phenoxy) is 2. The highest BCUT2D eigenvalue weighted by Gasteiger charge is 2.36. The third-order valence-corrected chi connectivity index (χ3v) is 9.33. The maximum atomic E-state index is 13.8. The zero-order chi connectivity index (χ0) is 31.4. The van der Waals surface area contributed by atoms with Crippen LogP contribution in [0.5, 0.6) is 5.75 Å². The number of piperazine rings is 1. The van der Waals surface area contributed by atoms with Crippen molar-refractivity contribution < 1.29 is 41.0 Å². The van der Waals surface area contributed by atoms with Crippen molar-refractivity contribution >= 4 is 15.9 Å². The summed E-state index contributed by atoms with van der Waals surface area (Å²) in [7, 11) is -1.52. The predicted molar refractivity (Wildman–Crippen MR) is 154 cm³/mol. The standard InChI is InChI=1S/C29H39F3N4O6S/c1-20-4-5-21(13-27(20)37)12-24-17-34(6-7-35-10-11-42-25(18-35)19-41-3)8-9-36(24)28(38)22-14-23(29(30,31)32)16-26(15-22)43(39,40)33-2/h4-5,13-16,24-25,33,37H,6-12,17-19H2,1-3H3/t24-,25+/m1/s1. The normalized spacial score (nSPS) is 20.8. The Balaban J connectivity index is 1.58. The van der Waals surface area contributed by atoms with E-state index in [-0.39, 0.29) is 24.0 Å². The van der Waals surface area contributed by atoms with Crippen molar-refractivity contribution in [2.75, 3.05) is 73.2 Å². The summed E-state index contributed by atoms with van der Waals surface area (Å²) in [5, 5.41) is 10.3. The molecule has 0 spiro atoms. The van der Waals surface area contributed by atoms with Crippen molar-refractivity contribution in [2.24, 2.45) is 0 Å². The Labute approximate surface area is 250 Å². The van der Waals surface area contributed by atoms with Gasteiger partial charge in [-0.2, -0.15) is 13.2 Å². The molecule has 14 heteroatoms. The summed E-state index contributed by atoms with van der Waals surface area (Å²) in [6, 6.07) is 7.02. The number of benzene rings is 2. The molecule has 2 heterocycles. The summed E-state index contributed by atoms with van der Waals surface area (Å²) in [6.45, 7) is 7.09. The maximum absolute atomic E-state index is 13.8. The fraction of sp³-hybridized carbons (Fsp3) is 0.552. The van der Waals surface area contributed by atoms with E-state index in [9.17, 15) is 31.5 Å². The second-order valence-electron chi connectivity index (χ2n) is 11.0. The molecule has 2 atom stereocenters. The summed E-state index contributed by atoms with van der Waals surface area (Å²) < 4.78 is 79.1. The van der Waals surface area contributed by atoms with Crippen LogP contribution in [0.15, 0.2) is 41.3 Å². The van der Waals surface area contributed by atoms with Crippen molar-refractivity contribution in [1.82, 2.24) is 19.4 Å². The zero-order valence-electron chi connectivity index (χ0n) is 24.6. The van der Waals surface area contributed by atoms with E-state index in [1.165, 1.54) is 4.90 Å². The zero-order valence-corrected chi connectivity index (χ0v) is 25.4. The Morgan fingerprint density at radius 1 is 1.09 bits per heavy atom. The molecule has 238 valence electrons. The first-order valence-electron chi connectivity index (χ1n) is 14.1. The highest BCUT2D eigenvalue weighted by Crippen LogP contribution is 2.32. The van der Waals surface area contributed by atoms with Gasteiger partial charge in [0.2, 0.25) is 10.0 Å². The van der Waals surface area contributed by atoms with E-state index in [1.54, 1.807) is 26.2 Å². The molecule has 2 N–H and O–H groups in total. The maximum Gasteiger partial charge on any atom is 0.416 e. The average molecular weight is 629 g/mol. The number of morpholine rings is 1. The molecule has 10 nitrogen and oxygen atoms in total. The number of aryl methyl sites for hydroxylation is 1. The topological polar surface area (TPSA) is 112 Å². The lowest BCUT2D eigenvalue weighted by atomic mass is 9.99. The van der Waals surface area contributed by atoms with Crippen molar-refractivity contribution in [1.29, 1.82) is 0 Å². The van der Waals surface area contributed by atoms with Gasteiger partial charge in [0.05, 0.1) is 29.8 Å². The monoisotopic (exact) mass is 628 g/mol. The molecule has 0 aliphatic carbocycles. The first kappa shape index (κ1) is 33.1. The summed E-state index contributed by atoms with van der Waals surface area (Å²) >= 11 is 0. The Morgan fingerprint density at radius 2 is 1.81 bits per heavy atom. The third-order valence-electron chi connectivity index (χ3n) is 7.94. The first-order valence-corrected chi connectivity index (χ1v) is 15.6. The van der Waals surface area contributed by atoms with Gasteiger partial charge < -0.3 is 19.5 Å². The Hall–Kier alpha value is -2.75. The molecule has 2 aromatic rings. The molecule has 2 aliphatic rings. The van der Waals surface area contributed by atoms with Crippen LogP contribution in [0.2, 0.25) is 0 Å². The second kappa shape index (κ2) is 13.9. The Kier molecular flexibility index (Phi) is 10.7. The number of aromatic hydroxyl groups is 1. The summed E-state index contributed by atoms with van der Waals surface area (Å²) in [4.78, 5) is 19.2. The lowest BCUT2D eigenvalue weighted by Crippen LogP contribution is -2.57. The quantitative estimate of drug-likeness (QED) is 0.413. The van der Waals surface area contributed by atoms with Gasteiger partial charge >= 0.3 is 6.18 Å². The minimum absolute atomic E-state index is 0.000687. The number of nitrogens with zero attached hydrogens (tertiary/aromatic N) is 3. The van der Waals surface area contributed by atoms with Crippen molar-refractivity contribution in [3.8, 4) is 5.75 Å². The molecular formula is C29H39F3N4O6S. The lowest BCUT2D eigenvalue weighted by molar-refractivity contribution is -0.137. The molecular weight excluding hydrogens is 589 g/mol. The molecule has 2 fully saturated rings. The van der Waals surface area contributed by atoms with E-state index in [4.69, 9.17) is 9.47 Å². The number of halogens is 3. The van der Waals surface area contributed by atoms with Crippen LogP contribution in [0.3, 0.4) is 0 Å². The van der Waals surface area contributed by atoms with Crippen molar-refractivity contribution in [3.63, 3.8) is 0 Å². The number of nitrogens with one attached hydrogen (secondary N) is 1. The second-order valence-corrected chi connectivity index (χ2v) is 12.9. The van der Waals surface area contributed by atoms with Crippen LogP contribution in [0, 0.1) is 6.92 Å². The SMILES string of the molecule is CNS(=O)(=O)c1cc(C(=O)N2CCN(CCN3CCO[C@H](COC)C3)C[C@H]2Cc2ccc(C)c(O)c2)cc(C(F)(F)F)c1. The van der Waals surface area contributed by atoms with Gasteiger partial charge in [-0.25, -0.2) is 13.1 Å². The molecule has 43 heavy (non-hydrogen) atoms. The van der Waals surface area contributed by atoms with E-state index in [0.717, 1.165) is 38.3 Å². The van der Waals surface area contributed by atoms with E-state index in [1.807, 2.05) is 10.8 Å². The van der Waals surface area contributed by atoms with E-state index in [0.29, 0.717) is 57.0 Å². The number of amides is 1. The molecule has 4 rings (SSSR count). The number of carbonyl (C=O) groups is 1. The minimum Gasteiger partial charge on any atom is -0.508 e. The lowest BCUT2D eigenvalue weighted by Gasteiger charge is -2.43. The highest BCUT2D eigenvalue weighted by atomic mass is 32.2. The van der Waals surface area contributed by atoms with Gasteiger partial charge in [-0.05, 0) is 55.8 Å². The predicted octanol–water partition coefficient (Wildman–Crippen LogP) is 2.34. The fourth-order valence-corrected chi connectivity index (χ4v) is 6.30. The number of alkyl halides is 3. The molecule has 2 aromatic carbocycles. The van der Waals surface area contributed by atoms with Gasteiger partial charge in [-0.1, -0.05) is 12.1 Å². The van der Waals surface area contributed by atoms with Crippen LogP contribution in [0.4, 0.5) is 13.2 Å². The molecule has 0 aromatic heterocycles. The van der Waals surface area contributed by atoms with Gasteiger partial charge in [-0.3, -0.25) is 14.6 Å². The van der Waals surface area contributed by atoms with Crippen LogP contribution >= 0.6 is 0 Å². The molecule has 0 saturated carbocycles. The summed E-state index contributed by atoms with van der Waals surface area (Å²) in [5.74, 6) is -0.573. The van der Waals surface area contributed by atoms with Crippen LogP contribution in [0.25, 0.3) is 0 Å². The third kappa shape index (κ3) is 8.46. The van der Waals surface area contributed by atoms with E-state index >= 15 is 0 Å². The molecule has 2 saturated heterocycles. The van der Waals surface area contributed by atoms with Gasteiger partial charge in [-0.15, -0.1) is 0 Å². The fourth-order valence-electron chi connectivity index (χ4n) is 5.50. The van der Waals surface area contributed by atoms with Gasteiger partial charge in [0.1, 0.15) is 5.75 Å². The number of phenolic OH excluding ortho intramolecular Hbond substituents is 1. The Bertz CT molecular complexity index is 1390. The van der Waals surface area contributed by atoms with Crippen molar-refractivity contribution in [2.45, 2.75) is 36.6 Å². The Morgan fingerprint density at radius 3 is 2.47 bits per heavy atom. The van der Waals surface area contributed by atoms with E-state index < -0.39 is 38.6 Å². The molecule has 0 unspecified atom stereocenters. The van der Waals surface area contributed by atoms with Crippen LogP contribution in [-0.2, 0) is 32.1 Å². The molecule has 0 radical (unpaired) electrons. The highest BCUT2D eigenvalue weighted by molar-refractivity contribution is 7.89. The van der Waals surface area contributed by atoms with Crippen molar-refractivity contribution in [3.05, 3.63) is 58.7 Å². The largest absolute Gasteiger partial charge is 0.508 e. The number of sulfonamides is 1. The van der Waals surface area contributed by atoms with Crippen LogP contribution < -0.4 is 4.72 Å². The van der Waals surface area contributed by atoms with Crippen LogP contribution in [0.1, 0.15) is 27.0 Å². The number of rotatable bonds is 10. The number of hydrogen-bond donors (Lipinski definition) is 2. The number of hydrogen-bond acceptors (Lipinski definition) is 8.